The molecule has 2 heteroatoms. The summed E-state index contributed by atoms with van der Waals surface area (Å²) in [5.74, 6) is 0. The molecule has 0 amide bonds. The Balaban J connectivity index is 1.95. The summed E-state index contributed by atoms with van der Waals surface area (Å²) in [4.78, 5) is 0. The second kappa shape index (κ2) is 11.6. The maximum Gasteiger partial charge on any atom is 0.0587 e. The third kappa shape index (κ3) is 7.64. The Hall–Kier alpha value is -0.0800. The third-order valence-electron chi connectivity index (χ3n) is 4.96. The van der Waals surface area contributed by atoms with Crippen LogP contribution in [0.4, 0.5) is 0 Å². The first kappa shape index (κ1) is 18.0. The van der Waals surface area contributed by atoms with Crippen molar-refractivity contribution in [2.45, 2.75) is 84.0 Å². The molecule has 0 aliphatic heterocycles. The van der Waals surface area contributed by atoms with Crippen molar-refractivity contribution in [2.24, 2.45) is 5.41 Å². The van der Waals surface area contributed by atoms with Gasteiger partial charge < -0.3 is 10.1 Å². The average Bonchev–Trinajstić information content (AvgIpc) is 2.42. The van der Waals surface area contributed by atoms with E-state index in [1.165, 1.54) is 83.6 Å². The maximum atomic E-state index is 5.10. The van der Waals surface area contributed by atoms with E-state index in [1.807, 2.05) is 0 Å². The second-order valence-electron chi connectivity index (χ2n) is 6.75. The van der Waals surface area contributed by atoms with Crippen LogP contribution in [0.5, 0.6) is 0 Å². The summed E-state index contributed by atoms with van der Waals surface area (Å²) in [6, 6.07) is 0. The van der Waals surface area contributed by atoms with Crippen molar-refractivity contribution < 1.29 is 4.74 Å². The lowest BCUT2D eigenvalue weighted by molar-refractivity contribution is 0.107. The van der Waals surface area contributed by atoms with Crippen LogP contribution in [0, 0.1) is 5.41 Å². The minimum absolute atomic E-state index is 0.649. The first-order valence-electron chi connectivity index (χ1n) is 9.03. The number of hydrogen-bond acceptors (Lipinski definition) is 2. The summed E-state index contributed by atoms with van der Waals surface area (Å²) in [6.45, 7) is 5.36. The van der Waals surface area contributed by atoms with Gasteiger partial charge in [0.25, 0.3) is 0 Å². The van der Waals surface area contributed by atoms with Crippen LogP contribution in [-0.2, 0) is 4.74 Å². The van der Waals surface area contributed by atoms with Gasteiger partial charge in [-0.05, 0) is 24.7 Å². The van der Waals surface area contributed by atoms with Crippen molar-refractivity contribution in [3.05, 3.63) is 0 Å². The van der Waals surface area contributed by atoms with Crippen molar-refractivity contribution in [3.63, 3.8) is 0 Å². The molecular formula is C18H37NO. The predicted octanol–water partition coefficient (Wildman–Crippen LogP) is 4.92. The van der Waals surface area contributed by atoms with Crippen LogP contribution in [0.25, 0.3) is 0 Å². The molecule has 1 fully saturated rings. The van der Waals surface area contributed by atoms with E-state index < -0.39 is 0 Å². The molecule has 0 bridgehead atoms. The van der Waals surface area contributed by atoms with Gasteiger partial charge in [-0.2, -0.15) is 0 Å². The van der Waals surface area contributed by atoms with Crippen LogP contribution >= 0.6 is 0 Å². The Kier molecular flexibility index (Phi) is 10.4. The molecule has 0 aromatic carbocycles. The van der Waals surface area contributed by atoms with E-state index in [0.29, 0.717) is 5.41 Å². The fourth-order valence-electron chi connectivity index (χ4n) is 3.35. The van der Waals surface area contributed by atoms with E-state index in [4.69, 9.17) is 4.74 Å². The summed E-state index contributed by atoms with van der Waals surface area (Å²) in [5, 5.41) is 3.58. The molecule has 0 spiro atoms. The maximum absolute atomic E-state index is 5.10. The Labute approximate surface area is 127 Å². The first-order valence-corrected chi connectivity index (χ1v) is 9.03. The number of ether oxygens (including phenoxy) is 1. The zero-order valence-electron chi connectivity index (χ0n) is 14.0. The van der Waals surface area contributed by atoms with Crippen LogP contribution in [0.1, 0.15) is 84.0 Å². The standard InChI is InChI=1S/C18H37NO/c1-3-4-5-6-7-8-9-10-12-18(13-11-14-18)17-19-15-16-20-2/h19H,3-17H2,1-2H3. The highest BCUT2D eigenvalue weighted by molar-refractivity contribution is 4.89. The minimum atomic E-state index is 0.649. The van der Waals surface area contributed by atoms with Crippen LogP contribution in [0.15, 0.2) is 0 Å². The summed E-state index contributed by atoms with van der Waals surface area (Å²) >= 11 is 0. The molecule has 20 heavy (non-hydrogen) atoms. The Morgan fingerprint density at radius 3 is 2.15 bits per heavy atom. The molecule has 1 saturated carbocycles. The van der Waals surface area contributed by atoms with Crippen molar-refractivity contribution in [1.82, 2.24) is 5.32 Å². The molecule has 0 saturated heterocycles. The topological polar surface area (TPSA) is 21.3 Å². The quantitative estimate of drug-likeness (QED) is 0.457. The molecule has 1 aliphatic rings. The van der Waals surface area contributed by atoms with Crippen LogP contribution in [-0.4, -0.2) is 26.8 Å². The summed E-state index contributed by atoms with van der Waals surface area (Å²) in [7, 11) is 1.78. The number of rotatable bonds is 14. The van der Waals surface area contributed by atoms with Crippen molar-refractivity contribution in [2.75, 3.05) is 26.8 Å². The summed E-state index contributed by atoms with van der Waals surface area (Å²) in [6.07, 6.45) is 17.3. The SMILES string of the molecule is CCCCCCCCCCC1(CNCCOC)CCC1. The molecule has 2 nitrogen and oxygen atoms in total. The molecule has 0 unspecified atom stereocenters. The van der Waals surface area contributed by atoms with Crippen LogP contribution < -0.4 is 5.32 Å². The highest BCUT2D eigenvalue weighted by atomic mass is 16.5. The van der Waals surface area contributed by atoms with Crippen LogP contribution in [0.2, 0.25) is 0 Å². The third-order valence-corrected chi connectivity index (χ3v) is 4.96. The van der Waals surface area contributed by atoms with E-state index in [2.05, 4.69) is 12.2 Å². The minimum Gasteiger partial charge on any atom is -0.383 e. The zero-order chi connectivity index (χ0) is 14.5. The molecule has 120 valence electrons. The van der Waals surface area contributed by atoms with Crippen molar-refractivity contribution in [3.8, 4) is 0 Å². The lowest BCUT2D eigenvalue weighted by Gasteiger charge is -2.42. The van der Waals surface area contributed by atoms with Gasteiger partial charge in [-0.15, -0.1) is 0 Å². The van der Waals surface area contributed by atoms with Crippen LogP contribution in [0.3, 0.4) is 0 Å². The number of nitrogens with one attached hydrogen (secondary N) is 1. The van der Waals surface area contributed by atoms with Gasteiger partial charge in [-0.25, -0.2) is 0 Å². The van der Waals surface area contributed by atoms with E-state index in [0.717, 1.165) is 13.2 Å². The second-order valence-corrected chi connectivity index (χ2v) is 6.75. The average molecular weight is 284 g/mol. The van der Waals surface area contributed by atoms with E-state index in [-0.39, 0.29) is 0 Å². The van der Waals surface area contributed by atoms with Gasteiger partial charge in [0.15, 0.2) is 0 Å². The van der Waals surface area contributed by atoms with E-state index in [1.54, 1.807) is 7.11 Å². The fourth-order valence-corrected chi connectivity index (χ4v) is 3.35. The highest BCUT2D eigenvalue weighted by Gasteiger charge is 2.35. The zero-order valence-corrected chi connectivity index (χ0v) is 14.0. The molecule has 1 aliphatic carbocycles. The predicted molar refractivity (Wildman–Crippen MR) is 88.3 cm³/mol. The largest absolute Gasteiger partial charge is 0.383 e. The Morgan fingerprint density at radius 2 is 1.60 bits per heavy atom. The van der Waals surface area contributed by atoms with E-state index in [9.17, 15) is 0 Å². The number of unbranched alkanes of at least 4 members (excludes halogenated alkanes) is 7. The smallest absolute Gasteiger partial charge is 0.0587 e. The Morgan fingerprint density at radius 1 is 0.950 bits per heavy atom. The summed E-state index contributed by atoms with van der Waals surface area (Å²) in [5.41, 5.74) is 0.649. The van der Waals surface area contributed by atoms with Gasteiger partial charge in [-0.3, -0.25) is 0 Å². The molecule has 0 heterocycles. The molecule has 0 aromatic rings. The van der Waals surface area contributed by atoms with Gasteiger partial charge in [0, 0.05) is 20.2 Å². The normalized spacial score (nSPS) is 17.1. The highest BCUT2D eigenvalue weighted by Crippen LogP contribution is 2.44. The molecule has 0 atom stereocenters. The van der Waals surface area contributed by atoms with Crippen molar-refractivity contribution >= 4 is 0 Å². The molecular weight excluding hydrogens is 246 g/mol. The van der Waals surface area contributed by atoms with Gasteiger partial charge in [0.1, 0.15) is 0 Å². The Bertz CT molecular complexity index is 213. The van der Waals surface area contributed by atoms with Gasteiger partial charge in [0.05, 0.1) is 6.61 Å². The lowest BCUT2D eigenvalue weighted by Crippen LogP contribution is -2.40. The van der Waals surface area contributed by atoms with Crippen molar-refractivity contribution in [1.29, 1.82) is 0 Å². The first-order chi connectivity index (χ1) is 9.83. The van der Waals surface area contributed by atoms with Gasteiger partial charge in [-0.1, -0.05) is 64.7 Å². The fraction of sp³-hybridized carbons (Fsp3) is 1.00. The van der Waals surface area contributed by atoms with Gasteiger partial charge in [0.2, 0.25) is 0 Å². The summed E-state index contributed by atoms with van der Waals surface area (Å²) < 4.78 is 5.10. The molecule has 1 rings (SSSR count). The number of methoxy groups -OCH3 is 1. The molecule has 0 radical (unpaired) electrons. The lowest BCUT2D eigenvalue weighted by atomic mass is 9.66. The van der Waals surface area contributed by atoms with Gasteiger partial charge >= 0.3 is 0 Å². The van der Waals surface area contributed by atoms with E-state index >= 15 is 0 Å². The number of hydrogen-bond donors (Lipinski definition) is 1. The molecule has 1 N–H and O–H groups in total. The monoisotopic (exact) mass is 283 g/mol. The molecule has 0 aromatic heterocycles.